The van der Waals surface area contributed by atoms with E-state index in [4.69, 9.17) is 21.1 Å². The number of amides is 1. The predicted molar refractivity (Wildman–Crippen MR) is 133 cm³/mol. The highest BCUT2D eigenvalue weighted by Gasteiger charge is 2.16. The third kappa shape index (κ3) is 6.61. The molecule has 2 aromatic carbocycles. The van der Waals surface area contributed by atoms with Gasteiger partial charge in [0.05, 0.1) is 35.7 Å². The molecule has 0 spiro atoms. The second-order valence-corrected chi connectivity index (χ2v) is 8.42. The van der Waals surface area contributed by atoms with Crippen LogP contribution in [0.4, 0.5) is 5.69 Å². The maximum Gasteiger partial charge on any atom is 0.338 e. The number of anilines is 1. The maximum absolute atomic E-state index is 12.6. The number of benzene rings is 2. The summed E-state index contributed by atoms with van der Waals surface area (Å²) in [4.78, 5) is 24.5. The Morgan fingerprint density at radius 3 is 2.65 bits per heavy atom. The molecule has 0 bridgehead atoms. The van der Waals surface area contributed by atoms with Crippen molar-refractivity contribution in [3.8, 4) is 5.75 Å². The van der Waals surface area contributed by atoms with Gasteiger partial charge in [0.25, 0.3) is 0 Å². The van der Waals surface area contributed by atoms with Gasteiger partial charge >= 0.3 is 5.97 Å². The molecule has 34 heavy (non-hydrogen) atoms. The topological polar surface area (TPSA) is 95.3 Å². The van der Waals surface area contributed by atoms with Gasteiger partial charge in [-0.15, -0.1) is 16.8 Å². The van der Waals surface area contributed by atoms with E-state index >= 15 is 0 Å². The third-order valence-electron chi connectivity index (χ3n) is 4.71. The van der Waals surface area contributed by atoms with Crippen molar-refractivity contribution in [2.75, 3.05) is 24.8 Å². The van der Waals surface area contributed by atoms with Crippen LogP contribution in [0.15, 0.2) is 60.3 Å². The number of carbonyl (C=O) groups excluding carboxylic acids is 2. The summed E-state index contributed by atoms with van der Waals surface area (Å²) in [6.45, 7) is 6.30. The molecule has 0 unspecified atom stereocenters. The van der Waals surface area contributed by atoms with Crippen molar-refractivity contribution in [1.29, 1.82) is 0 Å². The molecule has 10 heteroatoms. The van der Waals surface area contributed by atoms with Crippen molar-refractivity contribution < 1.29 is 19.1 Å². The largest absolute Gasteiger partial charge is 0.497 e. The lowest BCUT2D eigenvalue weighted by Crippen LogP contribution is -2.16. The van der Waals surface area contributed by atoms with Crippen LogP contribution in [-0.2, 0) is 22.5 Å². The van der Waals surface area contributed by atoms with Gasteiger partial charge in [0.2, 0.25) is 5.91 Å². The first kappa shape index (κ1) is 25.3. The molecule has 3 aromatic rings. The average Bonchev–Trinajstić information content (AvgIpc) is 3.21. The number of hydrogen-bond acceptors (Lipinski definition) is 7. The van der Waals surface area contributed by atoms with Gasteiger partial charge in [-0.3, -0.25) is 4.79 Å². The molecule has 0 aliphatic carbocycles. The van der Waals surface area contributed by atoms with E-state index in [0.29, 0.717) is 34.4 Å². The van der Waals surface area contributed by atoms with Crippen LogP contribution in [0.5, 0.6) is 5.75 Å². The lowest BCUT2D eigenvalue weighted by atomic mass is 10.1. The van der Waals surface area contributed by atoms with E-state index in [9.17, 15) is 9.59 Å². The van der Waals surface area contributed by atoms with E-state index in [2.05, 4.69) is 22.1 Å². The summed E-state index contributed by atoms with van der Waals surface area (Å²) >= 11 is 7.44. The van der Waals surface area contributed by atoms with Crippen molar-refractivity contribution in [3.63, 3.8) is 0 Å². The third-order valence-corrected chi connectivity index (χ3v) is 6.01. The molecule has 3 rings (SSSR count). The highest BCUT2D eigenvalue weighted by molar-refractivity contribution is 7.99. The Labute approximate surface area is 207 Å². The zero-order valence-corrected chi connectivity index (χ0v) is 20.5. The zero-order valence-electron chi connectivity index (χ0n) is 18.9. The van der Waals surface area contributed by atoms with Gasteiger partial charge in [-0.25, -0.2) is 4.79 Å². The van der Waals surface area contributed by atoms with Gasteiger partial charge < -0.3 is 19.4 Å². The molecule has 0 saturated carbocycles. The Balaban J connectivity index is 1.66. The molecule has 0 aliphatic rings. The van der Waals surface area contributed by atoms with E-state index in [1.807, 2.05) is 28.8 Å². The molecule has 1 N–H and O–H groups in total. The number of hydrogen-bond donors (Lipinski definition) is 1. The van der Waals surface area contributed by atoms with Crippen LogP contribution in [0.25, 0.3) is 0 Å². The van der Waals surface area contributed by atoms with E-state index < -0.39 is 5.97 Å². The summed E-state index contributed by atoms with van der Waals surface area (Å²) in [5, 5.41) is 12.2. The summed E-state index contributed by atoms with van der Waals surface area (Å²) in [5.74, 6) is 0.853. The lowest BCUT2D eigenvalue weighted by Gasteiger charge is -2.10. The summed E-state index contributed by atoms with van der Waals surface area (Å²) in [6.07, 6.45) is 2.33. The molecule has 0 aliphatic heterocycles. The van der Waals surface area contributed by atoms with E-state index in [-0.39, 0.29) is 18.3 Å². The molecule has 0 radical (unpaired) electrons. The molecular formula is C24H25ClN4O4S. The van der Waals surface area contributed by atoms with Crippen LogP contribution >= 0.6 is 23.4 Å². The number of rotatable bonds is 11. The first-order chi connectivity index (χ1) is 16.4. The van der Waals surface area contributed by atoms with Crippen molar-refractivity contribution in [1.82, 2.24) is 14.8 Å². The smallest absolute Gasteiger partial charge is 0.338 e. The standard InChI is InChI=1S/C24H25ClN4O4S/c1-4-12-29-21(13-16-6-9-18(32-3)10-7-16)27-28-24(29)34-15-22(30)26-20-14-17(8-11-19(20)25)23(31)33-5-2/h4,6-11,14H,1,5,12-13,15H2,2-3H3,(H,26,30). The molecule has 1 aromatic heterocycles. The van der Waals surface area contributed by atoms with E-state index in [1.165, 1.54) is 17.8 Å². The second kappa shape index (κ2) is 12.2. The number of ether oxygens (including phenoxy) is 2. The van der Waals surface area contributed by atoms with Gasteiger partial charge in [0, 0.05) is 13.0 Å². The average molecular weight is 501 g/mol. The zero-order chi connectivity index (χ0) is 24.5. The van der Waals surface area contributed by atoms with Gasteiger partial charge in [-0.2, -0.15) is 0 Å². The number of thioether (sulfide) groups is 1. The number of esters is 1. The summed E-state index contributed by atoms with van der Waals surface area (Å²) in [6, 6.07) is 12.3. The predicted octanol–water partition coefficient (Wildman–Crippen LogP) is 4.62. The van der Waals surface area contributed by atoms with Gasteiger partial charge in [0.15, 0.2) is 5.16 Å². The van der Waals surface area contributed by atoms with Crippen LogP contribution in [0, 0.1) is 0 Å². The normalized spacial score (nSPS) is 10.6. The van der Waals surface area contributed by atoms with Crippen LogP contribution in [0.2, 0.25) is 5.02 Å². The summed E-state index contributed by atoms with van der Waals surface area (Å²) < 4.78 is 12.1. The minimum Gasteiger partial charge on any atom is -0.497 e. The fraction of sp³-hybridized carbons (Fsp3) is 0.250. The fourth-order valence-corrected chi connectivity index (χ4v) is 4.01. The first-order valence-corrected chi connectivity index (χ1v) is 11.9. The van der Waals surface area contributed by atoms with Crippen LogP contribution < -0.4 is 10.1 Å². The van der Waals surface area contributed by atoms with Crippen LogP contribution in [0.1, 0.15) is 28.7 Å². The summed E-state index contributed by atoms with van der Waals surface area (Å²) in [5.41, 5.74) is 1.71. The molecule has 0 fully saturated rings. The molecule has 1 heterocycles. The molecular weight excluding hydrogens is 476 g/mol. The van der Waals surface area contributed by atoms with E-state index in [1.54, 1.807) is 32.2 Å². The Hall–Kier alpha value is -3.30. The Kier molecular flexibility index (Phi) is 9.12. The number of nitrogens with one attached hydrogen (secondary N) is 1. The van der Waals surface area contributed by atoms with Crippen molar-refractivity contribution in [3.05, 3.63) is 77.1 Å². The number of halogens is 1. The number of carbonyl (C=O) groups is 2. The maximum atomic E-state index is 12.6. The SMILES string of the molecule is C=CCn1c(Cc2ccc(OC)cc2)nnc1SCC(=O)Nc1cc(C(=O)OCC)ccc1Cl. The second-order valence-electron chi connectivity index (χ2n) is 7.07. The number of allylic oxidation sites excluding steroid dienone is 1. The fourth-order valence-electron chi connectivity index (χ4n) is 3.07. The summed E-state index contributed by atoms with van der Waals surface area (Å²) in [7, 11) is 1.63. The minimum absolute atomic E-state index is 0.0811. The molecule has 8 nitrogen and oxygen atoms in total. The molecule has 178 valence electrons. The van der Waals surface area contributed by atoms with Crippen molar-refractivity contribution in [2.45, 2.75) is 25.0 Å². The Morgan fingerprint density at radius 1 is 1.21 bits per heavy atom. The monoisotopic (exact) mass is 500 g/mol. The number of aromatic nitrogens is 3. The number of methoxy groups -OCH3 is 1. The van der Waals surface area contributed by atoms with E-state index in [0.717, 1.165) is 17.1 Å². The van der Waals surface area contributed by atoms with Gasteiger partial charge in [-0.1, -0.05) is 41.6 Å². The van der Waals surface area contributed by atoms with Crippen LogP contribution in [-0.4, -0.2) is 46.1 Å². The van der Waals surface area contributed by atoms with Crippen molar-refractivity contribution in [2.24, 2.45) is 0 Å². The van der Waals surface area contributed by atoms with Crippen molar-refractivity contribution >= 4 is 40.9 Å². The number of nitrogens with zero attached hydrogens (tertiary/aromatic N) is 3. The van der Waals surface area contributed by atoms with Crippen LogP contribution in [0.3, 0.4) is 0 Å². The highest BCUT2D eigenvalue weighted by atomic mass is 35.5. The highest BCUT2D eigenvalue weighted by Crippen LogP contribution is 2.25. The molecule has 1 amide bonds. The quantitative estimate of drug-likeness (QED) is 0.233. The first-order valence-electron chi connectivity index (χ1n) is 10.5. The Bertz CT molecular complexity index is 1160. The lowest BCUT2D eigenvalue weighted by molar-refractivity contribution is -0.113. The Morgan fingerprint density at radius 2 is 1.97 bits per heavy atom. The molecule has 0 saturated heterocycles. The van der Waals surface area contributed by atoms with Gasteiger partial charge in [-0.05, 0) is 42.8 Å². The van der Waals surface area contributed by atoms with Gasteiger partial charge in [0.1, 0.15) is 11.6 Å². The molecule has 0 atom stereocenters. The minimum atomic E-state index is -0.481.